The minimum Gasteiger partial charge on any atom is -0.457 e. The van der Waals surface area contributed by atoms with Crippen molar-refractivity contribution in [3.05, 3.63) is 59.2 Å². The Kier molecular flexibility index (Phi) is 4.23. The van der Waals surface area contributed by atoms with Gasteiger partial charge in [0.2, 0.25) is 0 Å². The highest BCUT2D eigenvalue weighted by molar-refractivity contribution is 5.37. The molecule has 1 unspecified atom stereocenters. The summed E-state index contributed by atoms with van der Waals surface area (Å²) in [6.07, 6.45) is 0.326. The predicted molar refractivity (Wildman–Crippen MR) is 77.7 cm³/mol. The Morgan fingerprint density at radius 3 is 2.05 bits per heavy atom. The van der Waals surface area contributed by atoms with Gasteiger partial charge in [-0.2, -0.15) is 0 Å². The topological polar surface area (TPSA) is 29.5 Å². The number of benzene rings is 2. The minimum atomic E-state index is -0.393. The van der Waals surface area contributed by atoms with Crippen molar-refractivity contribution in [1.29, 1.82) is 0 Å². The van der Waals surface area contributed by atoms with Crippen LogP contribution in [0.4, 0.5) is 0 Å². The lowest BCUT2D eigenvalue weighted by atomic mass is 10.1. The first kappa shape index (κ1) is 13.6. The highest BCUT2D eigenvalue weighted by atomic mass is 16.5. The van der Waals surface area contributed by atoms with Crippen LogP contribution in [0.3, 0.4) is 0 Å². The second-order valence-electron chi connectivity index (χ2n) is 4.92. The molecule has 0 aliphatic rings. The van der Waals surface area contributed by atoms with Crippen molar-refractivity contribution < 1.29 is 9.84 Å². The summed E-state index contributed by atoms with van der Waals surface area (Å²) in [7, 11) is 0. The standard InChI is InChI=1S/C17H20O2/c1-4-17(18)14-5-7-15(8-6-14)19-16-10-12(2)9-13(3)11-16/h5-11,17-18H,4H2,1-3H3. The summed E-state index contributed by atoms with van der Waals surface area (Å²) < 4.78 is 5.83. The lowest BCUT2D eigenvalue weighted by molar-refractivity contribution is 0.173. The molecule has 0 aliphatic heterocycles. The van der Waals surface area contributed by atoms with Crippen LogP contribution in [0, 0.1) is 13.8 Å². The molecule has 2 aromatic carbocycles. The summed E-state index contributed by atoms with van der Waals surface area (Å²) in [4.78, 5) is 0. The Morgan fingerprint density at radius 1 is 0.947 bits per heavy atom. The number of ether oxygens (including phenoxy) is 1. The third-order valence-corrected chi connectivity index (χ3v) is 3.08. The molecule has 2 rings (SSSR count). The SMILES string of the molecule is CCC(O)c1ccc(Oc2cc(C)cc(C)c2)cc1. The molecule has 0 saturated heterocycles. The van der Waals surface area contributed by atoms with Crippen LogP contribution in [0.1, 0.15) is 36.1 Å². The van der Waals surface area contributed by atoms with E-state index in [0.717, 1.165) is 23.5 Å². The van der Waals surface area contributed by atoms with Crippen LogP contribution in [0.2, 0.25) is 0 Å². The third-order valence-electron chi connectivity index (χ3n) is 3.08. The van der Waals surface area contributed by atoms with Gasteiger partial charge in [0, 0.05) is 0 Å². The number of aliphatic hydroxyl groups is 1. The third kappa shape index (κ3) is 3.58. The summed E-state index contributed by atoms with van der Waals surface area (Å²) >= 11 is 0. The normalized spacial score (nSPS) is 12.2. The monoisotopic (exact) mass is 256 g/mol. The molecule has 0 radical (unpaired) electrons. The van der Waals surface area contributed by atoms with E-state index in [1.54, 1.807) is 0 Å². The van der Waals surface area contributed by atoms with Crippen molar-refractivity contribution in [3.8, 4) is 11.5 Å². The number of aliphatic hydroxyl groups excluding tert-OH is 1. The van der Waals surface area contributed by atoms with Crippen LogP contribution in [-0.2, 0) is 0 Å². The first-order valence-electron chi connectivity index (χ1n) is 6.62. The van der Waals surface area contributed by atoms with Gasteiger partial charge in [-0.25, -0.2) is 0 Å². The molecule has 0 aliphatic carbocycles. The lowest BCUT2D eigenvalue weighted by Gasteiger charge is -2.11. The molecule has 0 bridgehead atoms. The van der Waals surface area contributed by atoms with E-state index >= 15 is 0 Å². The molecule has 0 aromatic heterocycles. The van der Waals surface area contributed by atoms with Crippen LogP contribution in [0.5, 0.6) is 11.5 Å². The number of rotatable bonds is 4. The minimum absolute atomic E-state index is 0.393. The number of hydrogen-bond acceptors (Lipinski definition) is 2. The summed E-state index contributed by atoms with van der Waals surface area (Å²) in [5.41, 5.74) is 3.30. The molecule has 19 heavy (non-hydrogen) atoms. The van der Waals surface area contributed by atoms with Crippen molar-refractivity contribution in [2.24, 2.45) is 0 Å². The zero-order valence-corrected chi connectivity index (χ0v) is 11.7. The molecular formula is C17H20O2. The van der Waals surface area contributed by atoms with Crippen molar-refractivity contribution in [2.45, 2.75) is 33.3 Å². The van der Waals surface area contributed by atoms with Gasteiger partial charge in [0.15, 0.2) is 0 Å². The molecule has 0 heterocycles. The van der Waals surface area contributed by atoms with Gasteiger partial charge in [0.1, 0.15) is 11.5 Å². The first-order chi connectivity index (χ1) is 9.08. The van der Waals surface area contributed by atoms with Crippen LogP contribution >= 0.6 is 0 Å². The van der Waals surface area contributed by atoms with Crippen LogP contribution in [0.15, 0.2) is 42.5 Å². The average molecular weight is 256 g/mol. The summed E-state index contributed by atoms with van der Waals surface area (Å²) in [5.74, 6) is 1.64. The maximum atomic E-state index is 9.74. The highest BCUT2D eigenvalue weighted by Gasteiger charge is 2.05. The maximum absolute atomic E-state index is 9.74. The second kappa shape index (κ2) is 5.89. The van der Waals surface area contributed by atoms with E-state index in [4.69, 9.17) is 4.74 Å². The van der Waals surface area contributed by atoms with Gasteiger partial charge >= 0.3 is 0 Å². The first-order valence-corrected chi connectivity index (χ1v) is 6.62. The van der Waals surface area contributed by atoms with Crippen LogP contribution in [-0.4, -0.2) is 5.11 Å². The van der Waals surface area contributed by atoms with E-state index in [0.29, 0.717) is 0 Å². The number of aryl methyl sites for hydroxylation is 2. The quantitative estimate of drug-likeness (QED) is 0.870. The molecule has 100 valence electrons. The fourth-order valence-corrected chi connectivity index (χ4v) is 2.12. The molecule has 0 fully saturated rings. The fraction of sp³-hybridized carbons (Fsp3) is 0.294. The van der Waals surface area contributed by atoms with Crippen molar-refractivity contribution >= 4 is 0 Å². The molecule has 1 atom stereocenters. The molecular weight excluding hydrogens is 236 g/mol. The van der Waals surface area contributed by atoms with Crippen LogP contribution in [0.25, 0.3) is 0 Å². The Hall–Kier alpha value is -1.80. The van der Waals surface area contributed by atoms with E-state index in [-0.39, 0.29) is 0 Å². The number of hydrogen-bond donors (Lipinski definition) is 1. The summed E-state index contributed by atoms with van der Waals surface area (Å²) in [6.45, 7) is 6.08. The van der Waals surface area contributed by atoms with Crippen molar-refractivity contribution in [2.75, 3.05) is 0 Å². The Balaban J connectivity index is 2.15. The molecule has 2 aromatic rings. The van der Waals surface area contributed by atoms with E-state index in [1.165, 1.54) is 11.1 Å². The van der Waals surface area contributed by atoms with Gasteiger partial charge in [-0.05, 0) is 61.2 Å². The van der Waals surface area contributed by atoms with Gasteiger partial charge in [-0.15, -0.1) is 0 Å². The Bertz CT molecular complexity index is 523. The fourth-order valence-electron chi connectivity index (χ4n) is 2.12. The van der Waals surface area contributed by atoms with E-state index in [2.05, 4.69) is 19.9 Å². The summed E-state index contributed by atoms with van der Waals surface area (Å²) in [5, 5.41) is 9.74. The van der Waals surface area contributed by atoms with Crippen molar-refractivity contribution in [1.82, 2.24) is 0 Å². The summed E-state index contributed by atoms with van der Waals surface area (Å²) in [6, 6.07) is 13.8. The van der Waals surface area contributed by atoms with Gasteiger partial charge in [-0.1, -0.05) is 25.1 Å². The van der Waals surface area contributed by atoms with Crippen molar-refractivity contribution in [3.63, 3.8) is 0 Å². The van der Waals surface area contributed by atoms with Gasteiger partial charge in [0.25, 0.3) is 0 Å². The van der Waals surface area contributed by atoms with E-state index in [9.17, 15) is 5.11 Å². The second-order valence-corrected chi connectivity index (χ2v) is 4.92. The molecule has 1 N–H and O–H groups in total. The predicted octanol–water partition coefficient (Wildman–Crippen LogP) is 4.54. The molecule has 0 spiro atoms. The maximum Gasteiger partial charge on any atom is 0.127 e. The van der Waals surface area contributed by atoms with Gasteiger partial charge in [-0.3, -0.25) is 0 Å². The largest absolute Gasteiger partial charge is 0.457 e. The molecule has 2 nitrogen and oxygen atoms in total. The smallest absolute Gasteiger partial charge is 0.127 e. The lowest BCUT2D eigenvalue weighted by Crippen LogP contribution is -1.94. The average Bonchev–Trinajstić information content (AvgIpc) is 2.37. The zero-order valence-electron chi connectivity index (χ0n) is 11.7. The molecule has 0 amide bonds. The molecule has 0 saturated carbocycles. The Morgan fingerprint density at radius 2 is 1.53 bits per heavy atom. The van der Waals surface area contributed by atoms with Gasteiger partial charge in [0.05, 0.1) is 6.10 Å². The zero-order chi connectivity index (χ0) is 13.8. The molecule has 2 heteroatoms. The van der Waals surface area contributed by atoms with Gasteiger partial charge < -0.3 is 9.84 Å². The van der Waals surface area contributed by atoms with Crippen LogP contribution < -0.4 is 4.74 Å². The highest BCUT2D eigenvalue weighted by Crippen LogP contribution is 2.25. The van der Waals surface area contributed by atoms with E-state index < -0.39 is 6.10 Å². The Labute approximate surface area is 114 Å². The van der Waals surface area contributed by atoms with E-state index in [1.807, 2.05) is 43.3 Å².